The molecule has 9 rings (SSSR count). The summed E-state index contributed by atoms with van der Waals surface area (Å²) in [5.41, 5.74) is 2.24. The molecule has 4 aliphatic heterocycles. The van der Waals surface area contributed by atoms with Gasteiger partial charge >= 0.3 is 11.9 Å². The van der Waals surface area contributed by atoms with Crippen LogP contribution in [0.2, 0.25) is 10.0 Å². The van der Waals surface area contributed by atoms with Gasteiger partial charge in [-0.3, -0.25) is 4.79 Å². The topological polar surface area (TPSA) is 90.2 Å². The minimum absolute atomic E-state index is 0.0911. The third kappa shape index (κ3) is 3.25. The van der Waals surface area contributed by atoms with Crippen LogP contribution in [0.4, 0.5) is 0 Å². The summed E-state index contributed by atoms with van der Waals surface area (Å²) in [5.74, 6) is -0.296. The number of carbonyl (C=O) groups is 2. The molecule has 0 amide bonds. The molecule has 7 aliphatic rings. The Bertz CT molecular complexity index is 1670. The highest BCUT2D eigenvalue weighted by molar-refractivity contribution is 6.36. The van der Waals surface area contributed by atoms with Crippen LogP contribution in [0.25, 0.3) is 0 Å². The number of rotatable bonds is 6. The minimum atomic E-state index is -0.776. The summed E-state index contributed by atoms with van der Waals surface area (Å²) in [6.07, 6.45) is 1.76. The molecule has 2 aromatic carbocycles. The van der Waals surface area contributed by atoms with Crippen LogP contribution in [0, 0.1) is 17.3 Å². The van der Waals surface area contributed by atoms with E-state index in [0.29, 0.717) is 29.5 Å². The van der Waals surface area contributed by atoms with Crippen LogP contribution in [0.15, 0.2) is 53.6 Å². The van der Waals surface area contributed by atoms with Crippen molar-refractivity contribution in [1.82, 2.24) is 0 Å². The zero-order chi connectivity index (χ0) is 30.4. The summed E-state index contributed by atoms with van der Waals surface area (Å²) in [5, 5.41) is 1.19. The molecule has 230 valence electrons. The number of fused-ring (bicyclic) bond motifs is 4. The Labute approximate surface area is 266 Å². The number of epoxide rings is 3. The van der Waals surface area contributed by atoms with Crippen molar-refractivity contribution >= 4 is 35.1 Å². The molecule has 44 heavy (non-hydrogen) atoms. The maximum absolute atomic E-state index is 14.0. The standard InChI is InChI=1S/C35H34Cl2O7/c1-17(2)33-28(43-33)29-35(44-29)32(3)12-11-20-22(16-40-30(20)39)23(32)15-26-34(35,42-26)31(33)41-27(38)14-19-8-5-4-7-18(19)13-21-24(36)9-6-10-25(21)37/h4-10,17,23,26,28-29,31H,11-16H2,1-3H3. The molecule has 9 atom stereocenters. The van der Waals surface area contributed by atoms with Gasteiger partial charge in [0.05, 0.1) is 12.5 Å². The van der Waals surface area contributed by atoms with E-state index in [2.05, 4.69) is 20.8 Å². The SMILES string of the molecule is CC(C)C12OC1C1OC13C1(C)CCC4=C(COC4=O)C1CC1OC13C2OC(=O)Cc1ccccc1Cc1c(Cl)cccc1Cl. The minimum Gasteiger partial charge on any atom is -0.458 e. The molecule has 7 nitrogen and oxygen atoms in total. The Kier molecular flexibility index (Phi) is 5.63. The Balaban J connectivity index is 1.04. The largest absolute Gasteiger partial charge is 0.458 e. The fourth-order valence-electron chi connectivity index (χ4n) is 9.96. The van der Waals surface area contributed by atoms with Gasteiger partial charge < -0.3 is 23.7 Å². The molecule has 0 N–H and O–H groups in total. The average Bonchev–Trinajstić information content (AvgIpc) is 3.90. The van der Waals surface area contributed by atoms with Crippen molar-refractivity contribution in [1.29, 1.82) is 0 Å². The molecule has 0 bridgehead atoms. The van der Waals surface area contributed by atoms with Crippen LogP contribution in [0.3, 0.4) is 0 Å². The second-order valence-corrected chi connectivity index (χ2v) is 15.0. The summed E-state index contributed by atoms with van der Waals surface area (Å²) < 4.78 is 32.2. The zero-order valence-electron chi connectivity index (χ0n) is 24.9. The fraction of sp³-hybridized carbons (Fsp3) is 0.543. The maximum Gasteiger partial charge on any atom is 0.334 e. The molecule has 0 aromatic heterocycles. The number of carbonyl (C=O) groups excluding carboxylic acids is 2. The summed E-state index contributed by atoms with van der Waals surface area (Å²) in [7, 11) is 0. The van der Waals surface area contributed by atoms with Crippen LogP contribution in [-0.4, -0.2) is 59.8 Å². The van der Waals surface area contributed by atoms with Gasteiger partial charge in [0.2, 0.25) is 0 Å². The van der Waals surface area contributed by atoms with Crippen LogP contribution in [-0.2, 0) is 46.1 Å². The number of esters is 2. The van der Waals surface area contributed by atoms with Gasteiger partial charge in [-0.25, -0.2) is 4.79 Å². The second kappa shape index (κ2) is 8.89. The Hall–Kier alpha value is -2.42. The van der Waals surface area contributed by atoms with Crippen molar-refractivity contribution in [2.75, 3.05) is 6.61 Å². The van der Waals surface area contributed by atoms with Crippen molar-refractivity contribution < 1.29 is 33.3 Å². The van der Waals surface area contributed by atoms with Gasteiger partial charge in [-0.1, -0.05) is 74.3 Å². The lowest BCUT2D eigenvalue weighted by Crippen LogP contribution is -2.70. The number of hydrogen-bond donors (Lipinski definition) is 0. The molecule has 9 unspecified atom stereocenters. The first-order chi connectivity index (χ1) is 21.1. The third-order valence-corrected chi connectivity index (χ3v) is 12.9. The average molecular weight is 638 g/mol. The molecule has 2 spiro atoms. The smallest absolute Gasteiger partial charge is 0.334 e. The van der Waals surface area contributed by atoms with E-state index in [1.54, 1.807) is 0 Å². The van der Waals surface area contributed by atoms with Crippen molar-refractivity contribution in [3.8, 4) is 0 Å². The first-order valence-corrected chi connectivity index (χ1v) is 16.5. The maximum atomic E-state index is 14.0. The summed E-state index contributed by atoms with van der Waals surface area (Å²) >= 11 is 13.0. The Morgan fingerprint density at radius 2 is 1.77 bits per heavy atom. The molecule has 0 radical (unpaired) electrons. The van der Waals surface area contributed by atoms with E-state index >= 15 is 0 Å². The normalized spacial score (nSPS) is 41.9. The van der Waals surface area contributed by atoms with Crippen molar-refractivity contribution in [2.24, 2.45) is 17.3 Å². The molecule has 4 heterocycles. The van der Waals surface area contributed by atoms with Crippen LogP contribution < -0.4 is 0 Å². The van der Waals surface area contributed by atoms with E-state index in [9.17, 15) is 9.59 Å². The lowest BCUT2D eigenvalue weighted by atomic mass is 9.46. The van der Waals surface area contributed by atoms with Gasteiger partial charge in [-0.2, -0.15) is 0 Å². The Morgan fingerprint density at radius 1 is 1.02 bits per heavy atom. The molecular formula is C35H34Cl2O7. The molecule has 2 aromatic rings. The van der Waals surface area contributed by atoms with Gasteiger partial charge in [0.15, 0.2) is 11.7 Å². The van der Waals surface area contributed by atoms with Crippen molar-refractivity contribution in [3.05, 3.63) is 80.3 Å². The highest BCUT2D eigenvalue weighted by atomic mass is 35.5. The summed E-state index contributed by atoms with van der Waals surface area (Å²) in [6.45, 7) is 6.88. The Morgan fingerprint density at radius 3 is 2.52 bits per heavy atom. The van der Waals surface area contributed by atoms with Gasteiger partial charge in [0.25, 0.3) is 0 Å². The molecule has 5 fully saturated rings. The van der Waals surface area contributed by atoms with E-state index < -0.39 is 22.9 Å². The molecular weight excluding hydrogens is 603 g/mol. The van der Waals surface area contributed by atoms with Crippen LogP contribution >= 0.6 is 23.2 Å². The highest BCUT2D eigenvalue weighted by Crippen LogP contribution is 2.83. The van der Waals surface area contributed by atoms with Gasteiger partial charge in [0, 0.05) is 27.5 Å². The molecule has 9 heteroatoms. The quantitative estimate of drug-likeness (QED) is 0.293. The molecule has 2 saturated carbocycles. The summed E-state index contributed by atoms with van der Waals surface area (Å²) in [4.78, 5) is 26.4. The lowest BCUT2D eigenvalue weighted by molar-refractivity contribution is -0.168. The van der Waals surface area contributed by atoms with E-state index in [1.165, 1.54) is 0 Å². The monoisotopic (exact) mass is 636 g/mol. The predicted octanol–water partition coefficient (Wildman–Crippen LogP) is 5.79. The number of benzene rings is 2. The lowest BCUT2D eigenvalue weighted by Gasteiger charge is -2.53. The second-order valence-electron chi connectivity index (χ2n) is 14.2. The van der Waals surface area contributed by atoms with E-state index in [4.69, 9.17) is 46.9 Å². The zero-order valence-corrected chi connectivity index (χ0v) is 26.4. The number of hydrogen-bond acceptors (Lipinski definition) is 7. The van der Waals surface area contributed by atoms with Gasteiger partial charge in [-0.05, 0) is 65.5 Å². The third-order valence-electron chi connectivity index (χ3n) is 12.2. The first-order valence-electron chi connectivity index (χ1n) is 15.7. The van der Waals surface area contributed by atoms with Crippen LogP contribution in [0.5, 0.6) is 0 Å². The number of cyclic esters (lactones) is 1. The van der Waals surface area contributed by atoms with Gasteiger partial charge in [0.1, 0.15) is 30.0 Å². The number of ether oxygens (including phenoxy) is 5. The van der Waals surface area contributed by atoms with E-state index in [-0.39, 0.29) is 53.9 Å². The van der Waals surface area contributed by atoms with E-state index in [0.717, 1.165) is 40.7 Å². The van der Waals surface area contributed by atoms with Crippen LogP contribution in [0.1, 0.15) is 56.7 Å². The van der Waals surface area contributed by atoms with Gasteiger partial charge in [-0.15, -0.1) is 0 Å². The first kappa shape index (κ1) is 27.9. The molecule has 3 aliphatic carbocycles. The summed E-state index contributed by atoms with van der Waals surface area (Å²) in [6, 6.07) is 13.3. The fourth-order valence-corrected chi connectivity index (χ4v) is 10.5. The van der Waals surface area contributed by atoms with Crippen molar-refractivity contribution in [3.63, 3.8) is 0 Å². The van der Waals surface area contributed by atoms with Crippen molar-refractivity contribution in [2.45, 2.75) is 94.1 Å². The van der Waals surface area contributed by atoms with E-state index in [1.807, 2.05) is 42.5 Å². The predicted molar refractivity (Wildman–Crippen MR) is 160 cm³/mol. The highest BCUT2D eigenvalue weighted by Gasteiger charge is 3.01. The number of halogens is 2. The molecule has 3 saturated heterocycles.